The molecule has 0 N–H and O–H groups in total. The number of ether oxygens (including phenoxy) is 1. The second-order valence-corrected chi connectivity index (χ2v) is 6.62. The third-order valence-corrected chi connectivity index (χ3v) is 4.63. The molecule has 0 bridgehead atoms. The molecule has 3 aromatic carbocycles. The fourth-order valence-corrected chi connectivity index (χ4v) is 3.37. The van der Waals surface area contributed by atoms with Crippen LogP contribution in [-0.2, 0) is 6.54 Å². The molecule has 0 unspecified atom stereocenters. The number of hydrogen-bond acceptors (Lipinski definition) is 1. The molecule has 4 aromatic rings. The summed E-state index contributed by atoms with van der Waals surface area (Å²) in [6, 6.07) is 28.3. The molecule has 0 atom stereocenters. The van der Waals surface area contributed by atoms with Gasteiger partial charge in [-0.3, -0.25) is 0 Å². The van der Waals surface area contributed by atoms with Gasteiger partial charge in [0, 0.05) is 24.0 Å². The molecule has 0 saturated carbocycles. The molecular formula is C24H18F3NO. The van der Waals surface area contributed by atoms with Crippen LogP contribution in [0.5, 0.6) is 5.75 Å². The molecule has 1 aromatic heterocycles. The average Bonchev–Trinajstić information content (AvgIpc) is 3.17. The van der Waals surface area contributed by atoms with E-state index in [-0.39, 0.29) is 5.75 Å². The predicted molar refractivity (Wildman–Crippen MR) is 108 cm³/mol. The Labute approximate surface area is 166 Å². The number of rotatable bonds is 5. The Hall–Kier alpha value is -3.47. The molecule has 0 saturated heterocycles. The van der Waals surface area contributed by atoms with Crippen molar-refractivity contribution in [3.05, 3.63) is 103 Å². The lowest BCUT2D eigenvalue weighted by Crippen LogP contribution is -2.17. The fraction of sp³-hybridized carbons (Fsp3) is 0.0833. The first-order valence-corrected chi connectivity index (χ1v) is 9.14. The normalized spacial score (nSPS) is 11.4. The molecule has 0 fully saturated rings. The van der Waals surface area contributed by atoms with Gasteiger partial charge in [-0.1, -0.05) is 66.7 Å². The summed E-state index contributed by atoms with van der Waals surface area (Å²) in [4.78, 5) is 0. The number of nitrogens with zero attached hydrogens (tertiary/aromatic N) is 1. The highest BCUT2D eigenvalue weighted by Crippen LogP contribution is 2.32. The molecule has 1 heterocycles. The minimum Gasteiger partial charge on any atom is -0.406 e. The zero-order valence-electron chi connectivity index (χ0n) is 15.4. The summed E-state index contributed by atoms with van der Waals surface area (Å²) in [6.45, 7) is 0.539. The molecule has 4 rings (SSSR count). The lowest BCUT2D eigenvalue weighted by Gasteiger charge is -2.14. The van der Waals surface area contributed by atoms with Crippen molar-refractivity contribution in [2.24, 2.45) is 0 Å². The van der Waals surface area contributed by atoms with Crippen LogP contribution >= 0.6 is 0 Å². The van der Waals surface area contributed by atoms with Crippen LogP contribution in [0.3, 0.4) is 0 Å². The fourth-order valence-electron chi connectivity index (χ4n) is 3.37. The Kier molecular flexibility index (Phi) is 5.12. The SMILES string of the molecule is FC(F)(F)Oc1ccc(Cn2cccc2-c2ccccc2-c2ccccc2)cc1. The highest BCUT2D eigenvalue weighted by atomic mass is 19.4. The summed E-state index contributed by atoms with van der Waals surface area (Å²) in [5.74, 6) is -0.219. The third kappa shape index (κ3) is 4.51. The van der Waals surface area contributed by atoms with Crippen LogP contribution in [0.15, 0.2) is 97.2 Å². The van der Waals surface area contributed by atoms with Gasteiger partial charge in [-0.15, -0.1) is 13.2 Å². The number of aromatic nitrogens is 1. The first-order chi connectivity index (χ1) is 14.0. The van der Waals surface area contributed by atoms with Crippen molar-refractivity contribution in [2.45, 2.75) is 12.9 Å². The summed E-state index contributed by atoms with van der Waals surface area (Å²) in [6.07, 6.45) is -2.71. The first-order valence-electron chi connectivity index (χ1n) is 9.14. The van der Waals surface area contributed by atoms with E-state index in [4.69, 9.17) is 0 Å². The standard InChI is InChI=1S/C24H18F3NO/c25-24(26,27)29-20-14-12-18(13-15-20)17-28-16-6-11-23(28)22-10-5-4-9-21(22)19-7-2-1-3-8-19/h1-16H,17H2. The molecule has 29 heavy (non-hydrogen) atoms. The van der Waals surface area contributed by atoms with Gasteiger partial charge in [-0.2, -0.15) is 0 Å². The van der Waals surface area contributed by atoms with Gasteiger partial charge in [0.05, 0.1) is 0 Å². The summed E-state index contributed by atoms with van der Waals surface area (Å²) < 4.78 is 43.0. The Balaban J connectivity index is 1.62. The Morgan fingerprint density at radius 1 is 0.690 bits per heavy atom. The topological polar surface area (TPSA) is 14.2 Å². The van der Waals surface area contributed by atoms with Gasteiger partial charge >= 0.3 is 6.36 Å². The van der Waals surface area contributed by atoms with Crippen molar-refractivity contribution in [2.75, 3.05) is 0 Å². The minimum atomic E-state index is -4.68. The van der Waals surface area contributed by atoms with Crippen molar-refractivity contribution in [1.29, 1.82) is 0 Å². The first kappa shape index (κ1) is 18.9. The van der Waals surface area contributed by atoms with Gasteiger partial charge in [-0.25, -0.2) is 0 Å². The maximum absolute atomic E-state index is 12.3. The molecule has 146 valence electrons. The molecule has 0 aliphatic heterocycles. The molecule has 0 radical (unpaired) electrons. The van der Waals surface area contributed by atoms with E-state index in [0.29, 0.717) is 6.54 Å². The van der Waals surface area contributed by atoms with E-state index in [9.17, 15) is 13.2 Å². The molecule has 0 spiro atoms. The van der Waals surface area contributed by atoms with Crippen molar-refractivity contribution < 1.29 is 17.9 Å². The molecule has 0 aliphatic rings. The predicted octanol–water partition coefficient (Wildman–Crippen LogP) is 6.77. The second kappa shape index (κ2) is 7.87. The molecule has 2 nitrogen and oxygen atoms in total. The Morgan fingerprint density at radius 3 is 2.03 bits per heavy atom. The maximum atomic E-state index is 12.3. The van der Waals surface area contributed by atoms with Crippen molar-refractivity contribution >= 4 is 0 Å². The van der Waals surface area contributed by atoms with Gasteiger partial charge in [0.25, 0.3) is 0 Å². The second-order valence-electron chi connectivity index (χ2n) is 6.62. The summed E-state index contributed by atoms with van der Waals surface area (Å²) in [5.41, 5.74) is 5.28. The van der Waals surface area contributed by atoms with E-state index in [1.165, 1.54) is 12.1 Å². The molecule has 0 amide bonds. The van der Waals surface area contributed by atoms with Gasteiger partial charge < -0.3 is 9.30 Å². The van der Waals surface area contributed by atoms with Crippen LogP contribution < -0.4 is 4.74 Å². The monoisotopic (exact) mass is 393 g/mol. The van der Waals surface area contributed by atoms with Crippen molar-refractivity contribution in [3.8, 4) is 28.1 Å². The van der Waals surface area contributed by atoms with Gasteiger partial charge in [0.1, 0.15) is 5.75 Å². The van der Waals surface area contributed by atoms with Gasteiger partial charge in [0.15, 0.2) is 0 Å². The van der Waals surface area contributed by atoms with E-state index in [0.717, 1.165) is 27.9 Å². The smallest absolute Gasteiger partial charge is 0.406 e. The molecule has 5 heteroatoms. The van der Waals surface area contributed by atoms with Crippen LogP contribution in [0, 0.1) is 0 Å². The van der Waals surface area contributed by atoms with Crippen LogP contribution in [0.25, 0.3) is 22.4 Å². The quantitative estimate of drug-likeness (QED) is 0.365. The Morgan fingerprint density at radius 2 is 1.34 bits per heavy atom. The van der Waals surface area contributed by atoms with Gasteiger partial charge in [0.2, 0.25) is 0 Å². The van der Waals surface area contributed by atoms with E-state index in [2.05, 4.69) is 33.6 Å². The summed E-state index contributed by atoms with van der Waals surface area (Å²) >= 11 is 0. The maximum Gasteiger partial charge on any atom is 0.573 e. The van der Waals surface area contributed by atoms with Crippen LogP contribution in [0.2, 0.25) is 0 Å². The summed E-state index contributed by atoms with van der Waals surface area (Å²) in [7, 11) is 0. The highest BCUT2D eigenvalue weighted by Gasteiger charge is 2.30. The van der Waals surface area contributed by atoms with Gasteiger partial charge in [-0.05, 0) is 41.0 Å². The van der Waals surface area contributed by atoms with E-state index in [1.54, 1.807) is 12.1 Å². The average molecular weight is 393 g/mol. The largest absolute Gasteiger partial charge is 0.573 e. The lowest BCUT2D eigenvalue weighted by atomic mass is 9.97. The van der Waals surface area contributed by atoms with Crippen LogP contribution in [0.4, 0.5) is 13.2 Å². The zero-order valence-corrected chi connectivity index (χ0v) is 15.4. The molecule has 0 aliphatic carbocycles. The summed E-state index contributed by atoms with van der Waals surface area (Å²) in [5, 5.41) is 0. The van der Waals surface area contributed by atoms with Crippen LogP contribution in [-0.4, -0.2) is 10.9 Å². The number of benzene rings is 3. The van der Waals surface area contributed by atoms with E-state index >= 15 is 0 Å². The highest BCUT2D eigenvalue weighted by molar-refractivity contribution is 5.82. The molecular weight excluding hydrogens is 375 g/mol. The number of alkyl halides is 3. The zero-order chi connectivity index (χ0) is 20.3. The van der Waals surface area contributed by atoms with E-state index < -0.39 is 6.36 Å². The van der Waals surface area contributed by atoms with Crippen LogP contribution in [0.1, 0.15) is 5.56 Å². The minimum absolute atomic E-state index is 0.219. The van der Waals surface area contributed by atoms with Crippen molar-refractivity contribution in [1.82, 2.24) is 4.57 Å². The van der Waals surface area contributed by atoms with E-state index in [1.807, 2.05) is 48.7 Å². The number of halogens is 3. The Bertz CT molecular complexity index is 1080. The van der Waals surface area contributed by atoms with Crippen molar-refractivity contribution in [3.63, 3.8) is 0 Å². The third-order valence-electron chi connectivity index (χ3n) is 4.63. The lowest BCUT2D eigenvalue weighted by molar-refractivity contribution is -0.274. The number of hydrogen-bond donors (Lipinski definition) is 0.